The molecule has 0 unspecified atom stereocenters. The smallest absolute Gasteiger partial charge is 0.240 e. The molecule has 2 amide bonds. The Kier molecular flexibility index (Phi) is 4.87. The summed E-state index contributed by atoms with van der Waals surface area (Å²) in [6, 6.07) is 19.0. The highest BCUT2D eigenvalue weighted by molar-refractivity contribution is 6.15. The Labute approximate surface area is 212 Å². The van der Waals surface area contributed by atoms with E-state index in [1.54, 1.807) is 25.8 Å². The van der Waals surface area contributed by atoms with E-state index in [4.69, 9.17) is 10.3 Å². The largest absolute Gasteiger partial charge is 0.368 e. The zero-order chi connectivity index (χ0) is 25.9. The predicted octanol–water partition coefficient (Wildman–Crippen LogP) is 2.95. The first-order valence-electron chi connectivity index (χ1n) is 11.8. The third-order valence-corrected chi connectivity index (χ3v) is 7.69. The topological polar surface area (TPSA) is 144 Å². The van der Waals surface area contributed by atoms with Crippen LogP contribution in [-0.4, -0.2) is 48.9 Å². The number of hydrogen-bond donors (Lipinski definition) is 1. The Bertz CT molecular complexity index is 1500. The Hall–Kier alpha value is -4.67. The molecular weight excluding hydrogens is 472 g/mol. The number of carbonyl (C=O) groups excluding carboxylic acids is 2. The lowest BCUT2D eigenvalue weighted by molar-refractivity contribution is -0.144. The minimum Gasteiger partial charge on any atom is -0.368 e. The van der Waals surface area contributed by atoms with Gasteiger partial charge in [0.1, 0.15) is 0 Å². The summed E-state index contributed by atoms with van der Waals surface area (Å²) >= 11 is 0. The van der Waals surface area contributed by atoms with Crippen molar-refractivity contribution in [2.75, 3.05) is 17.7 Å². The molecule has 4 aromatic rings. The molecule has 186 valence electrons. The molecule has 11 nitrogen and oxygen atoms in total. The number of nitrogens with zero attached hydrogens (tertiary/aromatic N) is 7. The normalized spacial score (nSPS) is 24.3. The van der Waals surface area contributed by atoms with Crippen molar-refractivity contribution in [3.63, 3.8) is 0 Å². The summed E-state index contributed by atoms with van der Waals surface area (Å²) in [4.78, 5) is 47.2. The number of rotatable bonds is 6. The molecule has 37 heavy (non-hydrogen) atoms. The van der Waals surface area contributed by atoms with Crippen LogP contribution in [0.15, 0.2) is 65.2 Å². The third kappa shape index (κ3) is 3.23. The van der Waals surface area contributed by atoms with Crippen LogP contribution < -0.4 is 10.6 Å². The highest BCUT2D eigenvalue weighted by atomic mass is 16.5. The Morgan fingerprint density at radius 3 is 2.16 bits per heavy atom. The predicted molar refractivity (Wildman–Crippen MR) is 133 cm³/mol. The second-order valence-electron chi connectivity index (χ2n) is 9.69. The summed E-state index contributed by atoms with van der Waals surface area (Å²) in [5.41, 5.74) is 5.75. The van der Waals surface area contributed by atoms with Gasteiger partial charge < -0.3 is 15.2 Å². The van der Waals surface area contributed by atoms with Crippen LogP contribution in [0, 0.1) is 10.8 Å². The molecule has 6 rings (SSSR count). The fourth-order valence-corrected chi connectivity index (χ4v) is 5.39. The number of amides is 2. The van der Waals surface area contributed by atoms with Crippen LogP contribution in [0.3, 0.4) is 0 Å². The quantitative estimate of drug-likeness (QED) is 0.396. The zero-order valence-corrected chi connectivity index (χ0v) is 20.5. The highest BCUT2D eigenvalue weighted by Crippen LogP contribution is 2.78. The summed E-state index contributed by atoms with van der Waals surface area (Å²) in [6.07, 6.45) is 0. The third-order valence-electron chi connectivity index (χ3n) is 7.69. The van der Waals surface area contributed by atoms with Crippen LogP contribution in [0.1, 0.15) is 31.2 Å². The fourth-order valence-electron chi connectivity index (χ4n) is 5.39. The molecular formula is C26H24N8O3. The summed E-state index contributed by atoms with van der Waals surface area (Å²) in [5.74, 6) is -0.302. The van der Waals surface area contributed by atoms with Crippen LogP contribution in [-0.2, 0) is 16.1 Å². The van der Waals surface area contributed by atoms with E-state index in [0.717, 1.165) is 11.3 Å². The Morgan fingerprint density at radius 1 is 0.892 bits per heavy atom. The van der Waals surface area contributed by atoms with Crippen molar-refractivity contribution in [1.82, 2.24) is 30.0 Å². The number of nitrogens with two attached hydrogens (primary N) is 1. The molecule has 2 aromatic carbocycles. The number of carbonyl (C=O) groups is 2. The molecule has 3 atom stereocenters. The maximum atomic E-state index is 13.4. The molecule has 2 aromatic heterocycles. The van der Waals surface area contributed by atoms with Crippen LogP contribution in [0.2, 0.25) is 0 Å². The fraction of sp³-hybridized carbons (Fsp3) is 0.269. The van der Waals surface area contributed by atoms with Crippen molar-refractivity contribution < 1.29 is 14.1 Å². The van der Waals surface area contributed by atoms with Gasteiger partial charge in [-0.15, -0.1) is 0 Å². The average Bonchev–Trinajstić information content (AvgIpc) is 3.16. The van der Waals surface area contributed by atoms with Crippen molar-refractivity contribution in [2.45, 2.75) is 26.3 Å². The van der Waals surface area contributed by atoms with Gasteiger partial charge in [0.2, 0.25) is 41.3 Å². The molecule has 1 aliphatic heterocycles. The van der Waals surface area contributed by atoms with Gasteiger partial charge in [0.25, 0.3) is 0 Å². The monoisotopic (exact) mass is 496 g/mol. The number of aromatic nitrogens is 5. The van der Waals surface area contributed by atoms with E-state index in [2.05, 4.69) is 25.1 Å². The molecule has 2 fully saturated rings. The summed E-state index contributed by atoms with van der Waals surface area (Å²) < 4.78 is 5.55. The number of likely N-dealkylation sites (tertiary alicyclic amines) is 1. The maximum Gasteiger partial charge on any atom is 0.240 e. The first-order valence-corrected chi connectivity index (χ1v) is 11.8. The standard InChI is InChI=1S/C26H24N8O3/c1-25-17(26(25,2)22(36)34(21(25)35)14-15-10-6-4-7-11-15)20-28-19(32-37-20)18-29-23(27)31-24(30-18)33(3)16-12-8-5-9-13-16/h4-13,17H,14H2,1-3H3,(H2,27,29,30,31)/t17-,25+,26-. The summed E-state index contributed by atoms with van der Waals surface area (Å²) in [6.45, 7) is 3.79. The summed E-state index contributed by atoms with van der Waals surface area (Å²) in [5, 5.41) is 4.04. The SMILES string of the molecule is CN(c1ccccc1)c1nc(N)nc(-c2noc([C@H]3[C@]4(C)C(=O)N(Cc5ccccc5)C(=O)[C@]34C)n2)n1. The molecule has 2 N–H and O–H groups in total. The van der Waals surface area contributed by atoms with Gasteiger partial charge in [0, 0.05) is 12.7 Å². The number of anilines is 3. The molecule has 0 bridgehead atoms. The van der Waals surface area contributed by atoms with Gasteiger partial charge in [-0.3, -0.25) is 14.5 Å². The maximum absolute atomic E-state index is 13.4. The van der Waals surface area contributed by atoms with Gasteiger partial charge in [-0.2, -0.15) is 19.9 Å². The Balaban J connectivity index is 1.28. The van der Waals surface area contributed by atoms with E-state index in [-0.39, 0.29) is 41.8 Å². The van der Waals surface area contributed by atoms with E-state index in [1.165, 1.54) is 4.90 Å². The molecule has 2 aliphatic rings. The number of benzene rings is 2. The van der Waals surface area contributed by atoms with Crippen molar-refractivity contribution in [2.24, 2.45) is 10.8 Å². The van der Waals surface area contributed by atoms with Gasteiger partial charge in [-0.05, 0) is 31.5 Å². The van der Waals surface area contributed by atoms with Crippen LogP contribution >= 0.6 is 0 Å². The lowest BCUT2D eigenvalue weighted by Gasteiger charge is -2.20. The van der Waals surface area contributed by atoms with Gasteiger partial charge >= 0.3 is 0 Å². The lowest BCUT2D eigenvalue weighted by atomic mass is 10.00. The molecule has 0 spiro atoms. The first kappa shape index (κ1) is 22.8. The first-order chi connectivity index (χ1) is 17.7. The van der Waals surface area contributed by atoms with E-state index in [0.29, 0.717) is 5.95 Å². The number of hydrogen-bond acceptors (Lipinski definition) is 10. The lowest BCUT2D eigenvalue weighted by Crippen LogP contribution is -2.36. The molecule has 1 saturated carbocycles. The molecule has 11 heteroatoms. The van der Waals surface area contributed by atoms with Gasteiger partial charge in [0.15, 0.2) is 0 Å². The van der Waals surface area contributed by atoms with Gasteiger partial charge in [-0.1, -0.05) is 53.7 Å². The van der Waals surface area contributed by atoms with E-state index in [9.17, 15) is 9.59 Å². The Morgan fingerprint density at radius 2 is 1.51 bits per heavy atom. The zero-order valence-electron chi connectivity index (χ0n) is 20.5. The number of fused-ring (bicyclic) bond motifs is 1. The minimum atomic E-state index is -0.973. The van der Waals surface area contributed by atoms with Crippen molar-refractivity contribution in [3.8, 4) is 11.6 Å². The molecule has 1 saturated heterocycles. The van der Waals surface area contributed by atoms with E-state index < -0.39 is 16.7 Å². The molecule has 0 radical (unpaired) electrons. The summed E-state index contributed by atoms with van der Waals surface area (Å²) in [7, 11) is 1.81. The number of nitrogen functional groups attached to an aromatic ring is 1. The van der Waals surface area contributed by atoms with Crippen molar-refractivity contribution in [1.29, 1.82) is 0 Å². The van der Waals surface area contributed by atoms with Crippen molar-refractivity contribution in [3.05, 3.63) is 72.1 Å². The minimum absolute atomic E-state index is 0.00162. The second kappa shape index (κ2) is 7.92. The highest BCUT2D eigenvalue weighted by Gasteiger charge is 2.87. The van der Waals surface area contributed by atoms with E-state index in [1.807, 2.05) is 60.7 Å². The molecule has 3 heterocycles. The van der Waals surface area contributed by atoms with Crippen LogP contribution in [0.5, 0.6) is 0 Å². The molecule has 1 aliphatic carbocycles. The van der Waals surface area contributed by atoms with Crippen LogP contribution in [0.4, 0.5) is 17.6 Å². The van der Waals surface area contributed by atoms with Gasteiger partial charge in [-0.25, -0.2) is 0 Å². The number of para-hydroxylation sites is 1. The van der Waals surface area contributed by atoms with Crippen LogP contribution in [0.25, 0.3) is 11.6 Å². The second-order valence-corrected chi connectivity index (χ2v) is 9.69. The average molecular weight is 497 g/mol. The number of imide groups is 1. The number of piperidine rings is 1. The van der Waals surface area contributed by atoms with Crippen molar-refractivity contribution >= 4 is 29.4 Å². The van der Waals surface area contributed by atoms with E-state index >= 15 is 0 Å². The van der Waals surface area contributed by atoms with Gasteiger partial charge in [0.05, 0.1) is 23.3 Å².